The number of carbonyl (C=O) groups excluding carboxylic acids is 2. The lowest BCUT2D eigenvalue weighted by atomic mass is 10.1. The molecule has 1 fully saturated rings. The Morgan fingerprint density at radius 3 is 2.33 bits per heavy atom. The van der Waals surface area contributed by atoms with E-state index < -0.39 is 22.0 Å². The number of hydrogen-bond acceptors (Lipinski definition) is 9. The van der Waals surface area contributed by atoms with Gasteiger partial charge in [-0.05, 0) is 25.1 Å². The van der Waals surface area contributed by atoms with Gasteiger partial charge in [0, 0.05) is 38.1 Å². The first kappa shape index (κ1) is 22.3. The fraction of sp³-hybridized carbons (Fsp3) is 0.421. The number of methoxy groups -OCH3 is 2. The summed E-state index contributed by atoms with van der Waals surface area (Å²) in [5.74, 6) is -1.48. The van der Waals surface area contributed by atoms with Crippen molar-refractivity contribution in [2.24, 2.45) is 0 Å². The smallest absolute Gasteiger partial charge is 0.339 e. The monoisotopic (exact) mass is 453 g/mol. The molecule has 11 heteroatoms. The Labute approximate surface area is 179 Å². The highest BCUT2D eigenvalue weighted by Crippen LogP contribution is 2.25. The zero-order valence-corrected chi connectivity index (χ0v) is 18.6. The molecule has 0 bridgehead atoms. The van der Waals surface area contributed by atoms with E-state index >= 15 is 0 Å². The van der Waals surface area contributed by atoms with E-state index in [1.54, 1.807) is 11.3 Å². The second kappa shape index (κ2) is 9.21. The highest BCUT2D eigenvalue weighted by Gasteiger charge is 2.33. The summed E-state index contributed by atoms with van der Waals surface area (Å²) < 4.78 is 37.3. The van der Waals surface area contributed by atoms with E-state index in [9.17, 15) is 18.0 Å². The van der Waals surface area contributed by atoms with Crippen molar-refractivity contribution in [3.8, 4) is 0 Å². The van der Waals surface area contributed by atoms with Crippen molar-refractivity contribution >= 4 is 33.3 Å². The van der Waals surface area contributed by atoms with Gasteiger partial charge in [0.2, 0.25) is 10.0 Å². The van der Waals surface area contributed by atoms with Crippen LogP contribution in [0.25, 0.3) is 0 Å². The molecule has 162 valence electrons. The zero-order chi connectivity index (χ0) is 21.9. The number of rotatable bonds is 6. The second-order valence-corrected chi connectivity index (χ2v) is 9.70. The van der Waals surface area contributed by atoms with Crippen molar-refractivity contribution in [2.75, 3.05) is 40.4 Å². The van der Waals surface area contributed by atoms with Gasteiger partial charge in [-0.1, -0.05) is 0 Å². The summed E-state index contributed by atoms with van der Waals surface area (Å²) in [5, 5.41) is 2.99. The minimum atomic E-state index is -4.02. The van der Waals surface area contributed by atoms with E-state index in [1.165, 1.54) is 30.7 Å². The maximum atomic E-state index is 13.3. The number of aromatic nitrogens is 1. The number of nitrogens with zero attached hydrogens (tertiary/aromatic N) is 3. The standard InChI is InChI=1S/C19H23N3O6S2/c1-13-20-15(12-29-13)11-21-6-8-22(9-7-21)30(25,26)17-10-14(18(23)27-2)4-5-16(17)19(24)28-3/h4-5,10,12H,6-9,11H2,1-3H3. The summed E-state index contributed by atoms with van der Waals surface area (Å²) in [6.07, 6.45) is 0. The van der Waals surface area contributed by atoms with E-state index in [0.29, 0.717) is 19.6 Å². The third-order valence-electron chi connectivity index (χ3n) is 4.81. The molecular formula is C19H23N3O6S2. The van der Waals surface area contributed by atoms with Crippen molar-refractivity contribution in [2.45, 2.75) is 18.4 Å². The van der Waals surface area contributed by atoms with Crippen LogP contribution in [0.15, 0.2) is 28.5 Å². The highest BCUT2D eigenvalue weighted by atomic mass is 32.2. The molecule has 0 radical (unpaired) electrons. The fourth-order valence-corrected chi connectivity index (χ4v) is 5.47. The third kappa shape index (κ3) is 4.69. The van der Waals surface area contributed by atoms with Gasteiger partial charge in [-0.25, -0.2) is 23.0 Å². The quantitative estimate of drug-likeness (QED) is 0.607. The molecule has 0 N–H and O–H groups in total. The topological polar surface area (TPSA) is 106 Å². The molecule has 0 unspecified atom stereocenters. The molecule has 0 atom stereocenters. The van der Waals surface area contributed by atoms with Gasteiger partial charge < -0.3 is 9.47 Å². The van der Waals surface area contributed by atoms with E-state index in [4.69, 9.17) is 4.74 Å². The van der Waals surface area contributed by atoms with Crippen LogP contribution in [0.3, 0.4) is 0 Å². The molecule has 1 aromatic heterocycles. The molecule has 30 heavy (non-hydrogen) atoms. The molecule has 1 saturated heterocycles. The maximum Gasteiger partial charge on any atom is 0.339 e. The first-order valence-electron chi connectivity index (χ1n) is 9.20. The number of ether oxygens (including phenoxy) is 2. The zero-order valence-electron chi connectivity index (χ0n) is 17.0. The van der Waals surface area contributed by atoms with E-state index in [2.05, 4.69) is 14.6 Å². The van der Waals surface area contributed by atoms with Crippen LogP contribution in [0.5, 0.6) is 0 Å². The SMILES string of the molecule is COC(=O)c1ccc(C(=O)OC)c(S(=O)(=O)N2CCN(Cc3csc(C)n3)CC2)c1. The van der Waals surface area contributed by atoms with Crippen molar-refractivity contribution in [1.82, 2.24) is 14.2 Å². The van der Waals surface area contributed by atoms with Crippen LogP contribution in [0.4, 0.5) is 0 Å². The highest BCUT2D eigenvalue weighted by molar-refractivity contribution is 7.89. The van der Waals surface area contributed by atoms with Gasteiger partial charge in [-0.3, -0.25) is 4.90 Å². The Bertz CT molecular complexity index is 1040. The van der Waals surface area contributed by atoms with Crippen LogP contribution in [0, 0.1) is 6.92 Å². The summed E-state index contributed by atoms with van der Waals surface area (Å²) in [5.41, 5.74) is 0.888. The average Bonchev–Trinajstić information content (AvgIpc) is 3.17. The number of piperazine rings is 1. The van der Waals surface area contributed by atoms with Crippen molar-refractivity contribution in [1.29, 1.82) is 0 Å². The first-order chi connectivity index (χ1) is 14.3. The summed E-state index contributed by atoms with van der Waals surface area (Å²) in [6.45, 7) is 4.17. The molecule has 0 aliphatic carbocycles. The van der Waals surface area contributed by atoms with Gasteiger partial charge in [0.15, 0.2) is 0 Å². The van der Waals surface area contributed by atoms with Crippen LogP contribution in [-0.2, 0) is 26.0 Å². The minimum Gasteiger partial charge on any atom is -0.465 e. The molecule has 3 rings (SSSR count). The fourth-order valence-electron chi connectivity index (χ4n) is 3.24. The summed E-state index contributed by atoms with van der Waals surface area (Å²) in [4.78, 5) is 30.3. The van der Waals surface area contributed by atoms with Crippen LogP contribution >= 0.6 is 11.3 Å². The lowest BCUT2D eigenvalue weighted by molar-refractivity contribution is 0.0583. The summed E-state index contributed by atoms with van der Waals surface area (Å²) in [7, 11) is -1.65. The Morgan fingerprint density at radius 1 is 1.10 bits per heavy atom. The average molecular weight is 454 g/mol. The Balaban J connectivity index is 1.82. The molecule has 9 nitrogen and oxygen atoms in total. The van der Waals surface area contributed by atoms with E-state index in [0.717, 1.165) is 16.8 Å². The van der Waals surface area contributed by atoms with Crippen LogP contribution in [0.2, 0.25) is 0 Å². The van der Waals surface area contributed by atoms with Gasteiger partial charge in [-0.15, -0.1) is 11.3 Å². The Morgan fingerprint density at radius 2 is 1.77 bits per heavy atom. The minimum absolute atomic E-state index is 0.0428. The number of carbonyl (C=O) groups is 2. The summed E-state index contributed by atoms with van der Waals surface area (Å²) >= 11 is 1.58. The lowest BCUT2D eigenvalue weighted by Gasteiger charge is -2.33. The number of aryl methyl sites for hydroxylation is 1. The molecule has 1 aliphatic heterocycles. The number of benzene rings is 1. The normalized spacial score (nSPS) is 15.7. The van der Waals surface area contributed by atoms with E-state index in [1.807, 2.05) is 12.3 Å². The summed E-state index contributed by atoms with van der Waals surface area (Å²) in [6, 6.07) is 3.77. The van der Waals surface area contributed by atoms with E-state index in [-0.39, 0.29) is 29.1 Å². The molecule has 1 aromatic carbocycles. The number of hydrogen-bond donors (Lipinski definition) is 0. The van der Waals surface area contributed by atoms with Crippen LogP contribution < -0.4 is 0 Å². The predicted octanol–water partition coefficient (Wildman–Crippen LogP) is 1.53. The van der Waals surface area contributed by atoms with Gasteiger partial charge in [0.25, 0.3) is 0 Å². The number of sulfonamides is 1. The maximum absolute atomic E-state index is 13.3. The molecule has 2 aromatic rings. The molecule has 2 heterocycles. The molecule has 0 amide bonds. The second-order valence-electron chi connectivity index (χ2n) is 6.73. The Kier molecular flexibility index (Phi) is 6.86. The number of thiazole rings is 1. The van der Waals surface area contributed by atoms with Crippen molar-refractivity contribution in [3.05, 3.63) is 45.4 Å². The van der Waals surface area contributed by atoms with Gasteiger partial charge in [0.1, 0.15) is 0 Å². The van der Waals surface area contributed by atoms with Gasteiger partial charge in [-0.2, -0.15) is 4.31 Å². The van der Waals surface area contributed by atoms with Gasteiger partial charge in [0.05, 0.1) is 40.9 Å². The largest absolute Gasteiger partial charge is 0.465 e. The van der Waals surface area contributed by atoms with Crippen LogP contribution in [0.1, 0.15) is 31.4 Å². The molecule has 0 spiro atoms. The van der Waals surface area contributed by atoms with Crippen molar-refractivity contribution < 1.29 is 27.5 Å². The van der Waals surface area contributed by atoms with Crippen LogP contribution in [-0.4, -0.2) is 74.9 Å². The number of esters is 2. The van der Waals surface area contributed by atoms with Crippen molar-refractivity contribution in [3.63, 3.8) is 0 Å². The Hall–Kier alpha value is -2.34. The predicted molar refractivity (Wildman–Crippen MR) is 110 cm³/mol. The van der Waals surface area contributed by atoms with Gasteiger partial charge >= 0.3 is 11.9 Å². The molecular weight excluding hydrogens is 430 g/mol. The molecule has 1 aliphatic rings. The molecule has 0 saturated carbocycles. The first-order valence-corrected chi connectivity index (χ1v) is 11.5. The third-order valence-corrected chi connectivity index (χ3v) is 7.57. The lowest BCUT2D eigenvalue weighted by Crippen LogP contribution is -2.48.